The Morgan fingerprint density at radius 2 is 1.69 bits per heavy atom. The van der Waals surface area contributed by atoms with Gasteiger partial charge in [-0.1, -0.05) is 26.2 Å². The Morgan fingerprint density at radius 3 is 2.33 bits per heavy atom. The van der Waals surface area contributed by atoms with Gasteiger partial charge in [0.05, 0.1) is 12.6 Å². The fourth-order valence-corrected chi connectivity index (χ4v) is 4.56. The molecular formula is C25H43F2N5O10. The fourth-order valence-electron chi connectivity index (χ4n) is 4.56. The van der Waals surface area contributed by atoms with Gasteiger partial charge in [-0.05, 0) is 32.6 Å². The number of hydrogen-bond acceptors (Lipinski definition) is 11. The lowest BCUT2D eigenvalue weighted by Crippen LogP contribution is -2.73. The maximum Gasteiger partial charge on any atom is 0.379 e. The molecule has 42 heavy (non-hydrogen) atoms. The summed E-state index contributed by atoms with van der Waals surface area (Å²) in [5.74, 6) is -12.2. The molecule has 17 heteroatoms. The number of rotatable bonds is 16. The van der Waals surface area contributed by atoms with Crippen molar-refractivity contribution in [3.05, 3.63) is 0 Å². The van der Waals surface area contributed by atoms with Gasteiger partial charge in [-0.25, -0.2) is 0 Å². The van der Waals surface area contributed by atoms with E-state index in [1.54, 1.807) is 0 Å². The Kier molecular flexibility index (Phi) is 13.4. The summed E-state index contributed by atoms with van der Waals surface area (Å²) in [4.78, 5) is 49.1. The van der Waals surface area contributed by atoms with E-state index < -0.39 is 78.7 Å². The van der Waals surface area contributed by atoms with Gasteiger partial charge in [0.2, 0.25) is 11.8 Å². The van der Waals surface area contributed by atoms with E-state index in [1.807, 2.05) is 5.32 Å². The van der Waals surface area contributed by atoms with Crippen LogP contribution in [0.1, 0.15) is 58.8 Å². The van der Waals surface area contributed by atoms with Crippen LogP contribution < -0.4 is 26.6 Å². The van der Waals surface area contributed by atoms with Crippen molar-refractivity contribution in [2.45, 2.75) is 113 Å². The van der Waals surface area contributed by atoms with Gasteiger partial charge in [-0.15, -0.1) is 0 Å². The number of alkyl halides is 2. The van der Waals surface area contributed by atoms with Crippen molar-refractivity contribution < 1.29 is 58.2 Å². The van der Waals surface area contributed by atoms with E-state index in [0.717, 1.165) is 25.7 Å². The number of nitrogens with one attached hydrogen (secondary N) is 5. The van der Waals surface area contributed by atoms with Gasteiger partial charge >= 0.3 is 5.92 Å². The second-order valence-corrected chi connectivity index (χ2v) is 10.5. The molecule has 2 aliphatic rings. The second kappa shape index (κ2) is 15.8. The quantitative estimate of drug-likeness (QED) is 0.0775. The Balaban J connectivity index is 1.75. The molecule has 0 spiro atoms. The molecule has 2 fully saturated rings. The van der Waals surface area contributed by atoms with Crippen LogP contribution >= 0.6 is 0 Å². The Bertz CT molecular complexity index is 945. The van der Waals surface area contributed by atoms with E-state index in [2.05, 4.69) is 32.9 Å². The number of unbranched alkanes of at least 4 members (excludes halogenated alkanes) is 4. The first-order valence-electron chi connectivity index (χ1n) is 14.1. The number of hydrogen-bond donors (Lipinski definition) is 10. The molecule has 4 amide bonds. The molecule has 2 heterocycles. The molecule has 0 bridgehead atoms. The minimum absolute atomic E-state index is 0.0993. The van der Waals surface area contributed by atoms with Gasteiger partial charge < -0.3 is 51.5 Å². The highest BCUT2D eigenvalue weighted by atomic mass is 19.3. The summed E-state index contributed by atoms with van der Waals surface area (Å²) in [6.07, 6.45) is -5.64. The zero-order valence-corrected chi connectivity index (χ0v) is 23.6. The minimum atomic E-state index is -4.79. The first-order valence-corrected chi connectivity index (χ1v) is 14.1. The Labute approximate surface area is 241 Å². The van der Waals surface area contributed by atoms with Crippen LogP contribution in [0.5, 0.6) is 0 Å². The van der Waals surface area contributed by atoms with Gasteiger partial charge in [-0.3, -0.25) is 24.5 Å². The summed E-state index contributed by atoms with van der Waals surface area (Å²) in [6, 6.07) is -1.63. The first-order chi connectivity index (χ1) is 19.7. The van der Waals surface area contributed by atoms with Gasteiger partial charge in [0.15, 0.2) is 6.17 Å². The highest BCUT2D eigenvalue weighted by Gasteiger charge is 2.69. The van der Waals surface area contributed by atoms with Crippen molar-refractivity contribution in [2.75, 3.05) is 19.7 Å². The summed E-state index contributed by atoms with van der Waals surface area (Å²) in [7, 11) is 0. The van der Waals surface area contributed by atoms with E-state index in [4.69, 9.17) is 5.11 Å². The van der Waals surface area contributed by atoms with Crippen molar-refractivity contribution in [2.24, 2.45) is 0 Å². The molecular weight excluding hydrogens is 568 g/mol. The first kappa shape index (κ1) is 35.7. The third-order valence-corrected chi connectivity index (χ3v) is 7.22. The van der Waals surface area contributed by atoms with Crippen molar-refractivity contribution in [3.63, 3.8) is 0 Å². The molecule has 2 saturated heterocycles. The normalized spacial score (nSPS) is 30.4. The summed E-state index contributed by atoms with van der Waals surface area (Å²) in [5.41, 5.74) is 0. The van der Waals surface area contributed by atoms with Gasteiger partial charge in [0, 0.05) is 13.1 Å². The second-order valence-electron chi connectivity index (χ2n) is 10.5. The third-order valence-electron chi connectivity index (χ3n) is 7.22. The van der Waals surface area contributed by atoms with Crippen LogP contribution in [-0.2, 0) is 23.9 Å². The summed E-state index contributed by atoms with van der Waals surface area (Å²) in [5, 5.41) is 61.2. The predicted molar refractivity (Wildman–Crippen MR) is 140 cm³/mol. The maximum absolute atomic E-state index is 14.8. The lowest BCUT2D eigenvalue weighted by molar-refractivity contribution is -0.401. The monoisotopic (exact) mass is 611 g/mol. The lowest BCUT2D eigenvalue weighted by atomic mass is 9.88. The zero-order chi connectivity index (χ0) is 31.7. The molecule has 2 aliphatic heterocycles. The lowest BCUT2D eigenvalue weighted by Gasteiger charge is -2.47. The number of carbonyl (C=O) groups is 4. The van der Waals surface area contributed by atoms with Crippen LogP contribution in [0.15, 0.2) is 0 Å². The summed E-state index contributed by atoms with van der Waals surface area (Å²) in [6.45, 7) is 2.65. The smallest absolute Gasteiger partial charge is 0.379 e. The molecule has 8 atom stereocenters. The summed E-state index contributed by atoms with van der Waals surface area (Å²) < 4.78 is 34.1. The number of carbonyl (C=O) groups excluding carboxylic acids is 4. The average Bonchev–Trinajstić information content (AvgIpc) is 3.33. The van der Waals surface area contributed by atoms with Crippen molar-refractivity contribution in [3.8, 4) is 0 Å². The Morgan fingerprint density at radius 1 is 1.05 bits per heavy atom. The predicted octanol–water partition coefficient (Wildman–Crippen LogP) is -3.31. The van der Waals surface area contributed by atoms with Crippen LogP contribution in [0.4, 0.5) is 8.78 Å². The van der Waals surface area contributed by atoms with E-state index in [1.165, 1.54) is 6.92 Å². The summed E-state index contributed by atoms with van der Waals surface area (Å²) >= 11 is 0. The Hall–Kier alpha value is -2.54. The standard InChI is InChI=1S/C25H43F2N5O10/c1-3-4-5-7-10-28-20(37)13(2)30-22(39)19-31-14(21(38)32-19)9-6-8-11-29-23(40)24(26,27)25(41)18(36)17(35)16(34)15(12-33)42-25/h13-19,31,33-36,41H,3-12H2,1-2H3,(H,28,37)(H,29,40)(H,30,39)(H,32,38)/t13-,14-,15+,16-,17-,18+,19+,25+/m0/s1. The highest BCUT2D eigenvalue weighted by molar-refractivity contribution is 5.95. The molecule has 0 aromatic heterocycles. The molecule has 0 aromatic carbocycles. The third kappa shape index (κ3) is 8.52. The van der Waals surface area contributed by atoms with E-state index in [9.17, 15) is 48.4 Å². The van der Waals surface area contributed by atoms with Crippen LogP contribution in [0.3, 0.4) is 0 Å². The van der Waals surface area contributed by atoms with Gasteiger partial charge in [-0.2, -0.15) is 8.78 Å². The molecule has 0 unspecified atom stereocenters. The molecule has 0 saturated carbocycles. The van der Waals surface area contributed by atoms with Crippen LogP contribution in [0, 0.1) is 0 Å². The molecule has 0 radical (unpaired) electrons. The molecule has 2 rings (SSSR count). The van der Waals surface area contributed by atoms with Crippen molar-refractivity contribution in [1.82, 2.24) is 26.6 Å². The number of aliphatic hydroxyl groups excluding tert-OH is 4. The van der Waals surface area contributed by atoms with Crippen molar-refractivity contribution in [1.29, 1.82) is 0 Å². The van der Waals surface area contributed by atoms with E-state index in [-0.39, 0.29) is 31.7 Å². The minimum Gasteiger partial charge on any atom is -0.394 e. The molecule has 242 valence electrons. The van der Waals surface area contributed by atoms with Gasteiger partial charge in [0.25, 0.3) is 17.6 Å². The van der Waals surface area contributed by atoms with E-state index >= 15 is 0 Å². The maximum atomic E-state index is 14.8. The average molecular weight is 612 g/mol. The topological polar surface area (TPSA) is 239 Å². The number of halogens is 2. The van der Waals surface area contributed by atoms with Crippen LogP contribution in [0.2, 0.25) is 0 Å². The number of aliphatic hydroxyl groups is 5. The molecule has 0 aliphatic carbocycles. The zero-order valence-electron chi connectivity index (χ0n) is 23.6. The molecule has 15 nitrogen and oxygen atoms in total. The highest BCUT2D eigenvalue weighted by Crippen LogP contribution is 2.40. The SMILES string of the molecule is CCCCCCNC(=O)[C@H](C)NC(=O)[C@H]1NC(=O)[C@H](CCCCNC(=O)C(F)(F)[C@]2(O)O[C@H](CO)[C@H](O)[C@H](O)[C@H]2O)N1. The number of amides is 4. The van der Waals surface area contributed by atoms with E-state index in [0.29, 0.717) is 6.54 Å². The number of ether oxygens (including phenoxy) is 1. The van der Waals surface area contributed by atoms with Crippen LogP contribution in [-0.4, -0.2) is 123 Å². The van der Waals surface area contributed by atoms with Crippen LogP contribution in [0.25, 0.3) is 0 Å². The van der Waals surface area contributed by atoms with Crippen molar-refractivity contribution >= 4 is 23.6 Å². The molecule has 10 N–H and O–H groups in total. The fraction of sp³-hybridized carbons (Fsp3) is 0.840. The molecule has 0 aromatic rings. The largest absolute Gasteiger partial charge is 0.394 e. The van der Waals surface area contributed by atoms with Gasteiger partial charge in [0.1, 0.15) is 30.5 Å².